The molecule has 2 aliphatic heterocycles. The summed E-state index contributed by atoms with van der Waals surface area (Å²) in [5.41, 5.74) is 13.8. The Balaban J connectivity index is 0.895. The Morgan fingerprint density at radius 1 is 0.603 bits per heavy atom. The molecule has 1 N–H and O–H groups in total. The van der Waals surface area contributed by atoms with Crippen LogP contribution in [0.4, 0.5) is 5.69 Å². The maximum absolute atomic E-state index is 5.20. The van der Waals surface area contributed by atoms with E-state index >= 15 is 0 Å². The van der Waals surface area contributed by atoms with Crippen LogP contribution in [0.5, 0.6) is 0 Å². The molecule has 4 aliphatic rings. The largest absolute Gasteiger partial charge is 0.337 e. The molecule has 5 heteroatoms. The number of nitrogens with zero attached hydrogens (tertiary/aromatic N) is 4. The fraction of sp³-hybridized carbons (Fsp3) is 0.0943. The summed E-state index contributed by atoms with van der Waals surface area (Å²) in [6.07, 6.45) is 10.9. The number of fused-ring (bicyclic) bond motifs is 8. The van der Waals surface area contributed by atoms with E-state index in [1.807, 2.05) is 6.07 Å². The van der Waals surface area contributed by atoms with Crippen LogP contribution in [-0.4, -0.2) is 22.3 Å². The van der Waals surface area contributed by atoms with Crippen LogP contribution < -0.4 is 10.2 Å². The number of amidine groups is 2. The second-order valence-electron chi connectivity index (χ2n) is 15.7. The van der Waals surface area contributed by atoms with Crippen molar-refractivity contribution >= 4 is 56.0 Å². The molecule has 0 saturated carbocycles. The van der Waals surface area contributed by atoms with Crippen molar-refractivity contribution in [1.82, 2.24) is 9.88 Å². The van der Waals surface area contributed by atoms with Crippen LogP contribution in [0.1, 0.15) is 46.3 Å². The maximum Gasteiger partial charge on any atom is 0.169 e. The van der Waals surface area contributed by atoms with E-state index in [-0.39, 0.29) is 18.1 Å². The summed E-state index contributed by atoms with van der Waals surface area (Å²) in [4.78, 5) is 12.9. The second kappa shape index (κ2) is 13.2. The van der Waals surface area contributed by atoms with E-state index in [9.17, 15) is 0 Å². The molecule has 1 aromatic heterocycles. The van der Waals surface area contributed by atoms with Gasteiger partial charge in [-0.2, -0.15) is 0 Å². The van der Waals surface area contributed by atoms with Crippen LogP contribution in [0.3, 0.4) is 0 Å². The Morgan fingerprint density at radius 2 is 1.31 bits per heavy atom. The van der Waals surface area contributed by atoms with Crippen LogP contribution >= 0.6 is 0 Å². The number of benzene rings is 7. The Labute approximate surface area is 337 Å². The highest BCUT2D eigenvalue weighted by Gasteiger charge is 2.40. The van der Waals surface area contributed by atoms with Crippen molar-refractivity contribution in [3.8, 4) is 5.69 Å². The average molecular weight is 746 g/mol. The van der Waals surface area contributed by atoms with Gasteiger partial charge in [0, 0.05) is 44.9 Å². The van der Waals surface area contributed by atoms with Gasteiger partial charge in [-0.1, -0.05) is 152 Å². The summed E-state index contributed by atoms with van der Waals surface area (Å²) in [6, 6.07) is 59.1. The number of rotatable bonds is 5. The van der Waals surface area contributed by atoms with E-state index in [4.69, 9.17) is 9.98 Å². The predicted molar refractivity (Wildman–Crippen MR) is 240 cm³/mol. The van der Waals surface area contributed by atoms with Crippen molar-refractivity contribution in [3.05, 3.63) is 221 Å². The molecule has 12 rings (SSSR count). The third-order valence-corrected chi connectivity index (χ3v) is 12.5. The zero-order chi connectivity index (χ0) is 38.2. The van der Waals surface area contributed by atoms with Gasteiger partial charge in [0.15, 0.2) is 6.17 Å². The summed E-state index contributed by atoms with van der Waals surface area (Å²) in [5.74, 6) is 1.96. The molecule has 3 atom stereocenters. The molecule has 0 radical (unpaired) electrons. The summed E-state index contributed by atoms with van der Waals surface area (Å²) in [6.45, 7) is 0. The molecule has 0 spiro atoms. The van der Waals surface area contributed by atoms with E-state index in [0.29, 0.717) is 0 Å². The lowest BCUT2D eigenvalue weighted by Gasteiger charge is -2.34. The lowest BCUT2D eigenvalue weighted by Crippen LogP contribution is -2.38. The Kier molecular flexibility index (Phi) is 7.49. The molecule has 3 heterocycles. The van der Waals surface area contributed by atoms with Gasteiger partial charge in [-0.25, -0.2) is 9.98 Å². The number of aliphatic imine (C=N–C) groups is 2. The molecule has 0 bridgehead atoms. The fourth-order valence-corrected chi connectivity index (χ4v) is 9.76. The molecule has 0 fully saturated rings. The quantitative estimate of drug-likeness (QED) is 0.191. The Morgan fingerprint density at radius 3 is 2.12 bits per heavy atom. The standard InChI is InChI=1S/C53H39N5/c1-2-14-35(15-3-1)51-54-52(56-53(55-51)39-26-25-34-13-4-5-16-37(34)31-39)36-27-29-40(30-28-36)57-46-21-9-8-20-43(46)45-33-44-38(32-50(45)57)17-12-24-49(44)58-47-22-10-6-18-41(47)42-19-7-11-23-48(42)58/h1-29,31-32,40,45,51H,30,33H2,(H,54,55,56). The predicted octanol–water partition coefficient (Wildman–Crippen LogP) is 11.8. The molecule has 3 unspecified atom stereocenters. The molecule has 2 aliphatic carbocycles. The molecule has 0 saturated heterocycles. The van der Waals surface area contributed by atoms with Crippen molar-refractivity contribution in [3.63, 3.8) is 0 Å². The second-order valence-corrected chi connectivity index (χ2v) is 15.7. The third kappa shape index (κ3) is 5.23. The summed E-state index contributed by atoms with van der Waals surface area (Å²) in [7, 11) is 0. The minimum Gasteiger partial charge on any atom is -0.337 e. The minimum absolute atomic E-state index is 0.172. The summed E-state index contributed by atoms with van der Waals surface area (Å²) >= 11 is 0. The smallest absolute Gasteiger partial charge is 0.169 e. The highest BCUT2D eigenvalue weighted by molar-refractivity contribution is 6.17. The fourth-order valence-electron chi connectivity index (χ4n) is 9.76. The van der Waals surface area contributed by atoms with Crippen LogP contribution in [-0.2, 0) is 6.42 Å². The van der Waals surface area contributed by atoms with Crippen LogP contribution in [0.2, 0.25) is 0 Å². The molecule has 7 aromatic carbocycles. The van der Waals surface area contributed by atoms with Gasteiger partial charge in [0.2, 0.25) is 0 Å². The van der Waals surface area contributed by atoms with Gasteiger partial charge in [0.05, 0.1) is 17.1 Å². The zero-order valence-corrected chi connectivity index (χ0v) is 31.8. The lowest BCUT2D eigenvalue weighted by atomic mass is 9.83. The van der Waals surface area contributed by atoms with Crippen LogP contribution in [0.15, 0.2) is 203 Å². The van der Waals surface area contributed by atoms with Gasteiger partial charge in [-0.05, 0) is 82.3 Å². The number of para-hydroxylation sites is 3. The monoisotopic (exact) mass is 745 g/mol. The highest BCUT2D eigenvalue weighted by Crippen LogP contribution is 2.51. The molecule has 8 aromatic rings. The third-order valence-electron chi connectivity index (χ3n) is 12.5. The van der Waals surface area contributed by atoms with Gasteiger partial charge in [0.25, 0.3) is 0 Å². The molecular formula is C53H39N5. The molecule has 5 nitrogen and oxygen atoms in total. The highest BCUT2D eigenvalue weighted by atomic mass is 15.2. The molecule has 58 heavy (non-hydrogen) atoms. The normalized spacial score (nSPS) is 19.5. The maximum atomic E-state index is 5.20. The van der Waals surface area contributed by atoms with Gasteiger partial charge >= 0.3 is 0 Å². The van der Waals surface area contributed by atoms with Crippen molar-refractivity contribution in [2.24, 2.45) is 9.98 Å². The number of hydrogen-bond acceptors (Lipinski definition) is 4. The number of anilines is 1. The number of nitrogens with one attached hydrogen (secondary N) is 1. The van der Waals surface area contributed by atoms with E-state index in [1.165, 1.54) is 66.3 Å². The summed E-state index contributed by atoms with van der Waals surface area (Å²) in [5, 5.41) is 8.64. The number of allylic oxidation sites excluding steroid dienone is 1. The van der Waals surface area contributed by atoms with Crippen molar-refractivity contribution in [2.45, 2.75) is 31.0 Å². The summed E-state index contributed by atoms with van der Waals surface area (Å²) < 4.78 is 2.48. The first-order valence-corrected chi connectivity index (χ1v) is 20.3. The molecule has 276 valence electrons. The lowest BCUT2D eigenvalue weighted by molar-refractivity contribution is 0.711. The first-order chi connectivity index (χ1) is 28.7. The van der Waals surface area contributed by atoms with Gasteiger partial charge in [0.1, 0.15) is 11.7 Å². The van der Waals surface area contributed by atoms with E-state index in [0.717, 1.165) is 41.2 Å². The van der Waals surface area contributed by atoms with E-state index < -0.39 is 0 Å². The van der Waals surface area contributed by atoms with Crippen molar-refractivity contribution in [2.75, 3.05) is 4.90 Å². The van der Waals surface area contributed by atoms with Crippen LogP contribution in [0, 0.1) is 0 Å². The van der Waals surface area contributed by atoms with Crippen molar-refractivity contribution in [1.29, 1.82) is 0 Å². The first kappa shape index (κ1) is 33.0. The van der Waals surface area contributed by atoms with E-state index in [2.05, 4.69) is 197 Å². The first-order valence-electron chi connectivity index (χ1n) is 20.3. The topological polar surface area (TPSA) is 44.9 Å². The number of hydrogen-bond donors (Lipinski definition) is 1. The van der Waals surface area contributed by atoms with Gasteiger partial charge < -0.3 is 14.8 Å². The average Bonchev–Trinajstić information content (AvgIpc) is 3.80. The Hall–Kier alpha value is -7.24. The minimum atomic E-state index is -0.336. The Bertz CT molecular complexity index is 3070. The van der Waals surface area contributed by atoms with Gasteiger partial charge in [-0.15, -0.1) is 0 Å². The SMILES string of the molecule is C1=CC(N2C3=Cc4cccc(-n5c6ccccc6c6ccccc65)c4CC3c3ccccc32)CC=C1C1=NC(c2ccccc2)N=C(c2ccc3ccccc3c2)N1. The number of aromatic nitrogens is 1. The molecule has 0 amide bonds. The molecular weight excluding hydrogens is 707 g/mol. The van der Waals surface area contributed by atoms with E-state index in [1.54, 1.807) is 0 Å². The zero-order valence-electron chi connectivity index (χ0n) is 31.8. The van der Waals surface area contributed by atoms with Gasteiger partial charge in [-0.3, -0.25) is 0 Å². The van der Waals surface area contributed by atoms with Crippen LogP contribution in [0.25, 0.3) is 44.3 Å². The van der Waals surface area contributed by atoms with Crippen molar-refractivity contribution < 1.29 is 0 Å².